The molecule has 0 unspecified atom stereocenters. The van der Waals surface area contributed by atoms with Gasteiger partial charge in [-0.25, -0.2) is 0 Å². The minimum Gasteiger partial charge on any atom is -0.490 e. The third kappa shape index (κ3) is 5.40. The SMILES string of the molecule is CCCOc1ccc(/C=N/Nc2ccc([N+](=O)[O-])cc2[N+](=O)[O-])cc1OCC. The van der Waals surface area contributed by atoms with Crippen LogP contribution in [0.1, 0.15) is 25.8 Å². The van der Waals surface area contributed by atoms with Gasteiger partial charge in [-0.1, -0.05) is 6.92 Å². The van der Waals surface area contributed by atoms with Gasteiger partial charge in [-0.05, 0) is 43.2 Å². The van der Waals surface area contributed by atoms with Crippen molar-refractivity contribution in [2.75, 3.05) is 18.6 Å². The quantitative estimate of drug-likeness (QED) is 0.368. The molecule has 0 aliphatic heterocycles. The van der Waals surface area contributed by atoms with Gasteiger partial charge >= 0.3 is 5.69 Å². The predicted octanol–water partition coefficient (Wildman–Crippen LogP) is 4.14. The van der Waals surface area contributed by atoms with Gasteiger partial charge in [-0.15, -0.1) is 0 Å². The van der Waals surface area contributed by atoms with E-state index >= 15 is 0 Å². The van der Waals surface area contributed by atoms with Gasteiger partial charge in [0.25, 0.3) is 5.69 Å². The van der Waals surface area contributed by atoms with E-state index in [-0.39, 0.29) is 11.4 Å². The second-order valence-electron chi connectivity index (χ2n) is 5.57. The molecule has 0 spiro atoms. The summed E-state index contributed by atoms with van der Waals surface area (Å²) in [5, 5.41) is 25.9. The van der Waals surface area contributed by atoms with Crippen LogP contribution in [0.3, 0.4) is 0 Å². The Kier molecular flexibility index (Phi) is 7.26. The Morgan fingerprint density at radius 3 is 2.46 bits per heavy atom. The molecule has 0 amide bonds. The Labute approximate surface area is 161 Å². The summed E-state index contributed by atoms with van der Waals surface area (Å²) >= 11 is 0. The van der Waals surface area contributed by atoms with Crippen molar-refractivity contribution in [2.24, 2.45) is 5.10 Å². The molecular formula is C18H20N4O6. The van der Waals surface area contributed by atoms with Gasteiger partial charge in [0.05, 0.1) is 35.3 Å². The van der Waals surface area contributed by atoms with Crippen molar-refractivity contribution in [3.63, 3.8) is 0 Å². The first-order chi connectivity index (χ1) is 13.5. The van der Waals surface area contributed by atoms with Crippen LogP contribution < -0.4 is 14.9 Å². The normalized spacial score (nSPS) is 10.6. The molecule has 148 valence electrons. The van der Waals surface area contributed by atoms with Crippen LogP contribution in [0.2, 0.25) is 0 Å². The van der Waals surface area contributed by atoms with Crippen molar-refractivity contribution in [3.05, 3.63) is 62.2 Å². The highest BCUT2D eigenvalue weighted by atomic mass is 16.6. The van der Waals surface area contributed by atoms with E-state index in [1.807, 2.05) is 13.8 Å². The minimum absolute atomic E-state index is 0.0415. The lowest BCUT2D eigenvalue weighted by Crippen LogP contribution is -2.01. The van der Waals surface area contributed by atoms with Crippen molar-refractivity contribution in [3.8, 4) is 11.5 Å². The highest BCUT2D eigenvalue weighted by Gasteiger charge is 2.19. The van der Waals surface area contributed by atoms with Crippen LogP contribution in [0.15, 0.2) is 41.5 Å². The van der Waals surface area contributed by atoms with Crippen molar-refractivity contribution < 1.29 is 19.3 Å². The third-order valence-corrected chi connectivity index (χ3v) is 3.52. The Morgan fingerprint density at radius 2 is 1.82 bits per heavy atom. The van der Waals surface area contributed by atoms with Crippen molar-refractivity contribution in [1.82, 2.24) is 0 Å². The van der Waals surface area contributed by atoms with E-state index in [0.29, 0.717) is 30.3 Å². The van der Waals surface area contributed by atoms with Crippen LogP contribution >= 0.6 is 0 Å². The second kappa shape index (κ2) is 9.86. The fraction of sp³-hybridized carbons (Fsp3) is 0.278. The standard InChI is InChI=1S/C18H20N4O6/c1-3-9-28-17-8-5-13(10-18(17)27-4-2)12-19-20-15-7-6-14(21(23)24)11-16(15)22(25)26/h5-8,10-12,20H,3-4,9H2,1-2H3/b19-12+. The van der Waals surface area contributed by atoms with Crippen LogP contribution in [0.5, 0.6) is 11.5 Å². The lowest BCUT2D eigenvalue weighted by molar-refractivity contribution is -0.393. The lowest BCUT2D eigenvalue weighted by atomic mass is 10.2. The summed E-state index contributed by atoms with van der Waals surface area (Å²) in [7, 11) is 0. The number of nitrogens with one attached hydrogen (secondary N) is 1. The predicted molar refractivity (Wildman–Crippen MR) is 104 cm³/mol. The highest BCUT2D eigenvalue weighted by Crippen LogP contribution is 2.30. The maximum Gasteiger partial charge on any atom is 0.301 e. The summed E-state index contributed by atoms with van der Waals surface area (Å²) in [6, 6.07) is 8.55. The molecule has 10 nitrogen and oxygen atoms in total. The number of hydrogen-bond donors (Lipinski definition) is 1. The van der Waals surface area contributed by atoms with Gasteiger partial charge in [0.1, 0.15) is 5.69 Å². The van der Waals surface area contributed by atoms with E-state index in [9.17, 15) is 20.2 Å². The van der Waals surface area contributed by atoms with Crippen LogP contribution in [0.25, 0.3) is 0 Å². The van der Waals surface area contributed by atoms with Crippen LogP contribution in [-0.2, 0) is 0 Å². The largest absolute Gasteiger partial charge is 0.490 e. The van der Waals surface area contributed by atoms with Gasteiger partial charge < -0.3 is 9.47 Å². The van der Waals surface area contributed by atoms with E-state index in [1.165, 1.54) is 12.3 Å². The zero-order valence-corrected chi connectivity index (χ0v) is 15.5. The average Bonchev–Trinajstić information content (AvgIpc) is 2.67. The second-order valence-corrected chi connectivity index (χ2v) is 5.57. The summed E-state index contributed by atoms with van der Waals surface area (Å²) in [5.74, 6) is 1.20. The molecule has 0 aliphatic carbocycles. The molecule has 1 N–H and O–H groups in total. The number of nitro groups is 2. The summed E-state index contributed by atoms with van der Waals surface area (Å²) < 4.78 is 11.2. The fourth-order valence-electron chi connectivity index (χ4n) is 2.26. The van der Waals surface area contributed by atoms with Crippen LogP contribution in [0, 0.1) is 20.2 Å². The molecule has 28 heavy (non-hydrogen) atoms. The number of hydrogen-bond acceptors (Lipinski definition) is 8. The van der Waals surface area contributed by atoms with Gasteiger partial charge in [0.2, 0.25) is 0 Å². The molecule has 0 saturated heterocycles. The number of ether oxygens (including phenoxy) is 2. The first-order valence-corrected chi connectivity index (χ1v) is 8.57. The van der Waals surface area contributed by atoms with Gasteiger partial charge in [-0.2, -0.15) is 5.10 Å². The molecule has 2 aromatic carbocycles. The molecule has 0 bridgehead atoms. The molecule has 0 saturated carbocycles. The molecule has 0 heterocycles. The van der Waals surface area contributed by atoms with Crippen molar-refractivity contribution in [2.45, 2.75) is 20.3 Å². The van der Waals surface area contributed by atoms with Gasteiger partial charge in [0, 0.05) is 6.07 Å². The van der Waals surface area contributed by atoms with E-state index in [0.717, 1.165) is 18.6 Å². The minimum atomic E-state index is -0.710. The summed E-state index contributed by atoms with van der Waals surface area (Å²) in [6.07, 6.45) is 2.32. The number of benzene rings is 2. The van der Waals surface area contributed by atoms with Gasteiger partial charge in [0.15, 0.2) is 11.5 Å². The molecule has 0 atom stereocenters. The Balaban J connectivity index is 2.19. The van der Waals surface area contributed by atoms with Crippen molar-refractivity contribution >= 4 is 23.3 Å². The topological polar surface area (TPSA) is 129 Å². The molecular weight excluding hydrogens is 368 g/mol. The first kappa shape index (κ1) is 20.6. The molecule has 2 aromatic rings. The Bertz CT molecular complexity index is 884. The molecule has 10 heteroatoms. The summed E-state index contributed by atoms with van der Waals surface area (Å²) in [5.41, 5.74) is 2.46. The molecule has 0 aliphatic rings. The maximum absolute atomic E-state index is 11.1. The smallest absolute Gasteiger partial charge is 0.301 e. The van der Waals surface area contributed by atoms with Crippen LogP contribution in [0.4, 0.5) is 17.1 Å². The lowest BCUT2D eigenvalue weighted by Gasteiger charge is -2.11. The number of anilines is 1. The van der Waals surface area contributed by atoms with E-state index in [4.69, 9.17) is 9.47 Å². The molecule has 0 fully saturated rings. The van der Waals surface area contributed by atoms with E-state index in [2.05, 4.69) is 10.5 Å². The molecule has 0 radical (unpaired) electrons. The molecule has 2 rings (SSSR count). The third-order valence-electron chi connectivity index (χ3n) is 3.52. The van der Waals surface area contributed by atoms with Gasteiger partial charge in [-0.3, -0.25) is 25.7 Å². The Morgan fingerprint density at radius 1 is 1.04 bits per heavy atom. The number of nitro benzene ring substituents is 2. The first-order valence-electron chi connectivity index (χ1n) is 8.57. The zero-order valence-electron chi connectivity index (χ0n) is 15.5. The Hall–Kier alpha value is -3.69. The monoisotopic (exact) mass is 388 g/mol. The maximum atomic E-state index is 11.1. The zero-order chi connectivity index (χ0) is 20.5. The number of rotatable bonds is 10. The molecule has 0 aromatic heterocycles. The average molecular weight is 388 g/mol. The summed E-state index contributed by atoms with van der Waals surface area (Å²) in [4.78, 5) is 20.5. The summed E-state index contributed by atoms with van der Waals surface area (Å²) in [6.45, 7) is 4.90. The van der Waals surface area contributed by atoms with E-state index < -0.39 is 15.5 Å². The van der Waals surface area contributed by atoms with E-state index in [1.54, 1.807) is 18.2 Å². The number of hydrazone groups is 1. The fourth-order valence-corrected chi connectivity index (χ4v) is 2.26. The van der Waals surface area contributed by atoms with Crippen molar-refractivity contribution in [1.29, 1.82) is 0 Å². The number of nitrogens with zero attached hydrogens (tertiary/aromatic N) is 3. The highest BCUT2D eigenvalue weighted by molar-refractivity contribution is 5.82. The van der Waals surface area contributed by atoms with Crippen LogP contribution in [-0.4, -0.2) is 29.3 Å². The number of non-ortho nitro benzene ring substituents is 1.